The summed E-state index contributed by atoms with van der Waals surface area (Å²) in [6.07, 6.45) is 0.552. The number of halogens is 3. The third-order valence-corrected chi connectivity index (χ3v) is 8.91. The van der Waals surface area contributed by atoms with E-state index in [0.29, 0.717) is 25.1 Å². The maximum Gasteiger partial charge on any atom is 0.323 e. The number of benzene rings is 1. The third kappa shape index (κ3) is 5.67. The smallest absolute Gasteiger partial charge is 0.323 e. The minimum Gasteiger partial charge on any atom is -0.468 e. The van der Waals surface area contributed by atoms with Crippen LogP contribution < -0.4 is 16.0 Å². The highest BCUT2D eigenvalue weighted by molar-refractivity contribution is 7.95. The number of esters is 1. The van der Waals surface area contributed by atoms with Gasteiger partial charge in [-0.05, 0) is 30.1 Å². The highest BCUT2D eigenvalue weighted by atomic mass is 32.2. The lowest BCUT2D eigenvalue weighted by atomic mass is 9.95. The lowest BCUT2D eigenvalue weighted by Crippen LogP contribution is -2.56. The number of nitrogens with one attached hydrogen (secondary N) is 3. The molecule has 2 heterocycles. The second-order valence-electron chi connectivity index (χ2n) is 10.7. The van der Waals surface area contributed by atoms with Gasteiger partial charge in [-0.2, -0.15) is 0 Å². The first-order chi connectivity index (χ1) is 18.4. The fourth-order valence-corrected chi connectivity index (χ4v) is 6.43. The van der Waals surface area contributed by atoms with Crippen molar-refractivity contribution in [3.63, 3.8) is 0 Å². The van der Waals surface area contributed by atoms with Gasteiger partial charge in [-0.25, -0.2) is 13.2 Å². The molecule has 0 spiro atoms. The van der Waals surface area contributed by atoms with Crippen LogP contribution in [0.15, 0.2) is 12.1 Å². The van der Waals surface area contributed by atoms with Gasteiger partial charge in [-0.1, -0.05) is 13.8 Å². The van der Waals surface area contributed by atoms with Crippen LogP contribution in [0.4, 0.5) is 18.9 Å². The number of piperidine rings is 1. The number of rotatable bonds is 10. The van der Waals surface area contributed by atoms with Crippen molar-refractivity contribution >= 4 is 41.4 Å². The maximum absolute atomic E-state index is 14.0. The molecule has 0 bridgehead atoms. The summed E-state index contributed by atoms with van der Waals surface area (Å²) >= 11 is 0.198. The predicted molar refractivity (Wildman–Crippen MR) is 135 cm³/mol. The van der Waals surface area contributed by atoms with E-state index in [2.05, 4.69) is 16.0 Å². The topological polar surface area (TPSA) is 137 Å². The number of amides is 3. The molecule has 214 valence electrons. The van der Waals surface area contributed by atoms with E-state index in [1.165, 1.54) is 4.90 Å². The summed E-state index contributed by atoms with van der Waals surface area (Å²) in [5.74, 6) is -6.41. The number of nitrogens with zero attached hydrogens (tertiary/aromatic N) is 1. The fourth-order valence-electron chi connectivity index (χ4n) is 5.92. The van der Waals surface area contributed by atoms with Crippen LogP contribution in [-0.2, 0) is 23.9 Å². The fraction of sp³-hybridized carbons (Fsp3) is 0.600. The number of hydrogen-bond acceptors (Lipinski definition) is 8. The molecule has 2 unspecified atom stereocenters. The molecule has 3 amide bonds. The number of carbonyl (C=O) groups excluding carboxylic acids is 4. The Labute approximate surface area is 227 Å². The van der Waals surface area contributed by atoms with Gasteiger partial charge in [0.15, 0.2) is 11.6 Å². The zero-order valence-electron chi connectivity index (χ0n) is 21.6. The lowest BCUT2D eigenvalue weighted by molar-refractivity contribution is -0.142. The van der Waals surface area contributed by atoms with E-state index in [9.17, 15) is 36.9 Å². The van der Waals surface area contributed by atoms with Crippen LogP contribution in [0.1, 0.15) is 26.7 Å². The van der Waals surface area contributed by atoms with E-state index in [4.69, 9.17) is 4.74 Å². The van der Waals surface area contributed by atoms with Crippen molar-refractivity contribution in [3.05, 3.63) is 29.6 Å². The van der Waals surface area contributed by atoms with E-state index in [0.717, 1.165) is 7.11 Å². The number of ether oxygens (including phenoxy) is 1. The summed E-state index contributed by atoms with van der Waals surface area (Å²) in [6, 6.07) is -0.959. The molecule has 1 aliphatic carbocycles. The first-order valence-corrected chi connectivity index (χ1v) is 13.4. The van der Waals surface area contributed by atoms with Gasteiger partial charge >= 0.3 is 5.97 Å². The Morgan fingerprint density at radius 1 is 1.26 bits per heavy atom. The standard InChI is InChI=1S/C25H31F3N4O6S/c1-25(2)13-10-32(17(33)9-30-19-14(27)7-12(26)8-15(19)28)20(18(13)25)23(35)31-16(21(39-37)24(36)38-3)6-11-4-5-29-22(11)34/h7-8,11,13,16,18,20-21,30,37H,4-6,9-10H2,1-3H3,(H,29,34)(H,31,35)/t11-,13-,16?,18-,20-,21?/m0/s1. The first kappa shape index (κ1) is 29.0. The molecule has 4 rings (SSSR count). The van der Waals surface area contributed by atoms with E-state index in [-0.39, 0.29) is 48.2 Å². The van der Waals surface area contributed by atoms with Crippen LogP contribution in [0, 0.1) is 40.6 Å². The molecule has 2 saturated heterocycles. The van der Waals surface area contributed by atoms with E-state index in [1.807, 2.05) is 13.8 Å². The molecule has 10 nitrogen and oxygen atoms in total. The normalized spacial score (nSPS) is 26.3. The summed E-state index contributed by atoms with van der Waals surface area (Å²) < 4.78 is 55.9. The van der Waals surface area contributed by atoms with E-state index >= 15 is 0 Å². The van der Waals surface area contributed by atoms with Crippen molar-refractivity contribution in [2.75, 3.05) is 32.1 Å². The number of likely N-dealkylation sites (tertiary alicyclic amines) is 1. The summed E-state index contributed by atoms with van der Waals surface area (Å²) in [6.45, 7) is 4.06. The summed E-state index contributed by atoms with van der Waals surface area (Å²) in [4.78, 5) is 52.7. The summed E-state index contributed by atoms with van der Waals surface area (Å²) in [7, 11) is 1.14. The summed E-state index contributed by atoms with van der Waals surface area (Å²) in [5.41, 5.74) is -0.915. The van der Waals surface area contributed by atoms with Gasteiger partial charge in [-0.3, -0.25) is 19.2 Å². The third-order valence-electron chi connectivity index (χ3n) is 8.16. The minimum absolute atomic E-state index is 0.000765. The van der Waals surface area contributed by atoms with Gasteiger partial charge in [0.1, 0.15) is 22.8 Å². The Morgan fingerprint density at radius 2 is 1.92 bits per heavy atom. The molecule has 14 heteroatoms. The lowest BCUT2D eigenvalue weighted by Gasteiger charge is -2.33. The monoisotopic (exact) mass is 572 g/mol. The molecule has 1 aromatic carbocycles. The summed E-state index contributed by atoms with van der Waals surface area (Å²) in [5, 5.41) is 6.61. The maximum atomic E-state index is 14.0. The molecule has 3 fully saturated rings. The van der Waals surface area contributed by atoms with E-state index in [1.54, 1.807) is 0 Å². The Hall–Kier alpha value is -3.00. The number of hydrogen-bond donors (Lipinski definition) is 4. The SMILES string of the molecule is COC(=O)C(SO)C(C[C@@H]1CCNC1=O)NC(=O)[C@@H]1[C@@H]2[C@H](CN1C(=O)CNc1c(F)cc(F)cc1F)C2(C)C. The predicted octanol–water partition coefficient (Wildman–Crippen LogP) is 1.76. The number of methoxy groups -OCH3 is 1. The number of carbonyl (C=O) groups is 4. The minimum atomic E-state index is -1.22. The van der Waals surface area contributed by atoms with Crippen LogP contribution in [0.5, 0.6) is 0 Å². The molecule has 2 aliphatic heterocycles. The zero-order valence-corrected chi connectivity index (χ0v) is 22.4. The van der Waals surface area contributed by atoms with Crippen molar-refractivity contribution in [2.45, 2.75) is 44.0 Å². The Bertz CT molecular complexity index is 1150. The molecule has 1 aromatic rings. The van der Waals surface area contributed by atoms with Gasteiger partial charge < -0.3 is 30.1 Å². The molecule has 1 saturated carbocycles. The van der Waals surface area contributed by atoms with Gasteiger partial charge in [-0.15, -0.1) is 0 Å². The molecule has 0 aromatic heterocycles. The van der Waals surface area contributed by atoms with Crippen LogP contribution in [-0.4, -0.2) is 77.2 Å². The second kappa shape index (κ2) is 11.2. The molecular formula is C25H31F3N4O6S. The molecular weight excluding hydrogens is 541 g/mol. The van der Waals surface area contributed by atoms with Crippen molar-refractivity contribution in [1.29, 1.82) is 0 Å². The zero-order chi connectivity index (χ0) is 28.6. The quantitative estimate of drug-likeness (QED) is 0.246. The molecule has 6 atom stereocenters. The molecule has 3 aliphatic rings. The molecule has 39 heavy (non-hydrogen) atoms. The Kier molecular flexibility index (Phi) is 8.36. The van der Waals surface area contributed by atoms with Crippen LogP contribution in [0.25, 0.3) is 0 Å². The number of fused-ring (bicyclic) bond motifs is 1. The largest absolute Gasteiger partial charge is 0.468 e. The average Bonchev–Trinajstić information content (AvgIpc) is 3.21. The van der Waals surface area contributed by atoms with Gasteiger partial charge in [0.2, 0.25) is 17.7 Å². The first-order valence-electron chi connectivity index (χ1n) is 12.5. The second-order valence-corrected chi connectivity index (χ2v) is 11.4. The Morgan fingerprint density at radius 3 is 2.49 bits per heavy atom. The highest BCUT2D eigenvalue weighted by Crippen LogP contribution is 2.64. The molecule has 4 N–H and O–H groups in total. The van der Waals surface area contributed by atoms with Crippen LogP contribution in [0.3, 0.4) is 0 Å². The Balaban J connectivity index is 1.52. The van der Waals surface area contributed by atoms with Crippen molar-refractivity contribution in [1.82, 2.24) is 15.5 Å². The van der Waals surface area contributed by atoms with Gasteiger partial charge in [0, 0.05) is 43.2 Å². The van der Waals surface area contributed by atoms with Crippen LogP contribution >= 0.6 is 12.0 Å². The van der Waals surface area contributed by atoms with E-state index < -0.39 is 70.7 Å². The molecule has 0 radical (unpaired) electrons. The van der Waals surface area contributed by atoms with Crippen LogP contribution in [0.2, 0.25) is 0 Å². The van der Waals surface area contributed by atoms with Gasteiger partial charge in [0.05, 0.1) is 19.7 Å². The van der Waals surface area contributed by atoms with Crippen molar-refractivity contribution in [3.8, 4) is 0 Å². The van der Waals surface area contributed by atoms with Crippen molar-refractivity contribution < 1.29 is 41.6 Å². The average molecular weight is 573 g/mol. The van der Waals surface area contributed by atoms with Crippen molar-refractivity contribution in [2.24, 2.45) is 23.2 Å². The van der Waals surface area contributed by atoms with Gasteiger partial charge in [0.25, 0.3) is 0 Å². The highest BCUT2D eigenvalue weighted by Gasteiger charge is 2.69. The number of anilines is 1.